The molecule has 3 aromatic heterocycles. The van der Waals surface area contributed by atoms with Crippen LogP contribution in [0, 0.1) is 0 Å². The maximum absolute atomic E-state index is 13.1. The van der Waals surface area contributed by atoms with Crippen molar-refractivity contribution in [1.29, 1.82) is 0 Å². The van der Waals surface area contributed by atoms with Gasteiger partial charge in [-0.25, -0.2) is 14.3 Å². The summed E-state index contributed by atoms with van der Waals surface area (Å²) in [6.45, 7) is 5.10. The maximum atomic E-state index is 13.1. The predicted molar refractivity (Wildman–Crippen MR) is 109 cm³/mol. The number of aromatic nitrogens is 3. The van der Waals surface area contributed by atoms with Gasteiger partial charge in [0, 0.05) is 28.3 Å². The van der Waals surface area contributed by atoms with Gasteiger partial charge in [0.1, 0.15) is 23.5 Å². The molecule has 0 bridgehead atoms. The largest absolute Gasteiger partial charge is 0.347 e. The van der Waals surface area contributed by atoms with Gasteiger partial charge in [0.15, 0.2) is 0 Å². The summed E-state index contributed by atoms with van der Waals surface area (Å²) in [5.74, 6) is 0. The van der Waals surface area contributed by atoms with Crippen LogP contribution < -0.4 is 10.1 Å². The number of fused-ring (bicyclic) bond motifs is 1. The van der Waals surface area contributed by atoms with Gasteiger partial charge in [-0.05, 0) is 12.1 Å². The molecule has 0 aromatic carbocycles. The van der Waals surface area contributed by atoms with E-state index in [2.05, 4.69) is 23.4 Å². The summed E-state index contributed by atoms with van der Waals surface area (Å²) in [4.78, 5) is 17.2. The van der Waals surface area contributed by atoms with E-state index in [4.69, 9.17) is 11.6 Å². The van der Waals surface area contributed by atoms with E-state index in [0.717, 1.165) is 16.8 Å². The third kappa shape index (κ3) is 3.38. The second-order valence-corrected chi connectivity index (χ2v) is 10.1. The highest BCUT2D eigenvalue weighted by molar-refractivity contribution is 8.20. The molecule has 0 saturated carbocycles. The second kappa shape index (κ2) is 7.25. The monoisotopic (exact) mass is 404 g/mol. The Balaban J connectivity index is 1.82. The third-order valence-corrected chi connectivity index (χ3v) is 8.37. The maximum Gasteiger partial charge on any atom is 0.347 e. The first kappa shape index (κ1) is 17.9. The summed E-state index contributed by atoms with van der Waals surface area (Å²) < 4.78 is 4.03. The normalized spacial score (nSPS) is 22.8. The average Bonchev–Trinajstić information content (AvgIpc) is 2.98. The Morgan fingerprint density at radius 2 is 1.96 bits per heavy atom. The molecule has 0 radical (unpaired) electrons. The molecule has 3 aromatic rings. The van der Waals surface area contributed by atoms with Crippen LogP contribution in [0.4, 0.5) is 0 Å². The molecular weight excluding hydrogens is 386 g/mol. The van der Waals surface area contributed by atoms with Crippen LogP contribution in [0.15, 0.2) is 53.7 Å². The number of pyridine rings is 2. The van der Waals surface area contributed by atoms with E-state index >= 15 is 0 Å². The van der Waals surface area contributed by atoms with Crippen molar-refractivity contribution in [2.75, 3.05) is 0 Å². The molecule has 26 heavy (non-hydrogen) atoms. The van der Waals surface area contributed by atoms with Crippen molar-refractivity contribution in [2.45, 2.75) is 35.5 Å². The van der Waals surface area contributed by atoms with Crippen molar-refractivity contribution in [1.82, 2.24) is 9.38 Å². The van der Waals surface area contributed by atoms with Crippen molar-refractivity contribution in [3.8, 4) is 0 Å². The molecular formula is C19H19ClN3OS2+. The molecule has 7 heteroatoms. The minimum Gasteiger partial charge on any atom is -0.244 e. The number of nitrogens with zero attached hydrogens (tertiary/aromatic N) is 3. The summed E-state index contributed by atoms with van der Waals surface area (Å²) in [6, 6.07) is 9.58. The van der Waals surface area contributed by atoms with Crippen LogP contribution >= 0.6 is 35.1 Å². The van der Waals surface area contributed by atoms with Crippen LogP contribution in [-0.4, -0.2) is 19.9 Å². The summed E-state index contributed by atoms with van der Waals surface area (Å²) >= 11 is 9.65. The quantitative estimate of drug-likeness (QED) is 0.489. The molecule has 2 atom stereocenters. The van der Waals surface area contributed by atoms with E-state index in [9.17, 15) is 4.79 Å². The fraction of sp³-hybridized carbons (Fsp3) is 0.316. The zero-order valence-corrected chi connectivity index (χ0v) is 16.9. The standard InChI is InChI=1S/C19H19ClN3OS2/c1-12-13(2)26-19(25-12)15-11-22(10-14-6-7-16(20)21-9-14)17-5-3-4-8-23(17)18(15)24/h3-9,11-13,19H,10H2,1-2H3/q+1. The topological polar surface area (TPSA) is 38.2 Å². The van der Waals surface area contributed by atoms with E-state index in [0.29, 0.717) is 22.2 Å². The van der Waals surface area contributed by atoms with Gasteiger partial charge in [0.25, 0.3) is 5.65 Å². The number of hydrogen-bond acceptors (Lipinski definition) is 4. The summed E-state index contributed by atoms with van der Waals surface area (Å²) in [5.41, 5.74) is 2.83. The summed E-state index contributed by atoms with van der Waals surface area (Å²) in [7, 11) is 0. The van der Waals surface area contributed by atoms with E-state index in [-0.39, 0.29) is 10.1 Å². The molecule has 0 spiro atoms. The highest BCUT2D eigenvalue weighted by Gasteiger charge is 2.34. The zero-order valence-electron chi connectivity index (χ0n) is 14.5. The summed E-state index contributed by atoms with van der Waals surface area (Å²) in [5, 5.41) is 1.56. The molecule has 4 rings (SSSR count). The number of thioether (sulfide) groups is 2. The first-order valence-electron chi connectivity index (χ1n) is 8.48. The minimum absolute atomic E-state index is 0.0670. The molecule has 4 nitrogen and oxygen atoms in total. The highest BCUT2D eigenvalue weighted by Crippen LogP contribution is 2.52. The lowest BCUT2D eigenvalue weighted by Gasteiger charge is -2.10. The van der Waals surface area contributed by atoms with Crippen molar-refractivity contribution < 1.29 is 4.57 Å². The molecule has 2 unspecified atom stereocenters. The molecule has 0 aliphatic carbocycles. The molecule has 4 heterocycles. The lowest BCUT2D eigenvalue weighted by Crippen LogP contribution is -2.41. The predicted octanol–water partition coefficient (Wildman–Crippen LogP) is 3.94. The van der Waals surface area contributed by atoms with Crippen LogP contribution in [0.25, 0.3) is 5.65 Å². The van der Waals surface area contributed by atoms with E-state index < -0.39 is 0 Å². The van der Waals surface area contributed by atoms with Gasteiger partial charge in [-0.3, -0.25) is 0 Å². The van der Waals surface area contributed by atoms with Gasteiger partial charge >= 0.3 is 5.56 Å². The Hall–Kier alpha value is -1.50. The lowest BCUT2D eigenvalue weighted by atomic mass is 10.2. The van der Waals surface area contributed by atoms with Crippen molar-refractivity contribution >= 4 is 40.8 Å². The van der Waals surface area contributed by atoms with Crippen LogP contribution in [-0.2, 0) is 6.54 Å². The molecule has 134 valence electrons. The van der Waals surface area contributed by atoms with Crippen LogP contribution in [0.1, 0.15) is 29.6 Å². The van der Waals surface area contributed by atoms with Crippen LogP contribution in [0.2, 0.25) is 5.15 Å². The van der Waals surface area contributed by atoms with Gasteiger partial charge in [0.2, 0.25) is 0 Å². The average molecular weight is 405 g/mol. The third-order valence-electron chi connectivity index (χ3n) is 4.63. The smallest absolute Gasteiger partial charge is 0.244 e. The molecule has 1 fully saturated rings. The minimum atomic E-state index is 0.0670. The Bertz CT molecular complexity index is 996. The second-order valence-electron chi connectivity index (χ2n) is 6.45. The molecule has 0 N–H and O–H groups in total. The van der Waals surface area contributed by atoms with Crippen molar-refractivity contribution in [3.63, 3.8) is 0 Å². The van der Waals surface area contributed by atoms with Gasteiger partial charge in [0.05, 0.1) is 10.8 Å². The van der Waals surface area contributed by atoms with Gasteiger partial charge in [-0.1, -0.05) is 37.6 Å². The Morgan fingerprint density at radius 3 is 2.65 bits per heavy atom. The van der Waals surface area contributed by atoms with E-state index in [1.54, 1.807) is 16.7 Å². The van der Waals surface area contributed by atoms with E-state index in [1.165, 1.54) is 0 Å². The van der Waals surface area contributed by atoms with Gasteiger partial charge in [-0.2, -0.15) is 4.40 Å². The molecule has 1 saturated heterocycles. The van der Waals surface area contributed by atoms with E-state index in [1.807, 2.05) is 60.2 Å². The Kier molecular flexibility index (Phi) is 4.99. The molecule has 0 amide bonds. The van der Waals surface area contributed by atoms with Crippen molar-refractivity contribution in [3.05, 3.63) is 75.6 Å². The molecule has 1 aliphatic heterocycles. The Labute approximate surface area is 165 Å². The SMILES string of the molecule is CC1SC(c2c[n+](Cc3ccc(Cl)nc3)c3ccccn3c2=O)SC1C. The summed E-state index contributed by atoms with van der Waals surface area (Å²) in [6.07, 6.45) is 5.64. The number of halogens is 1. The zero-order chi connectivity index (χ0) is 18.3. The first-order chi connectivity index (χ1) is 12.5. The fourth-order valence-electron chi connectivity index (χ4n) is 3.04. The van der Waals surface area contributed by atoms with Gasteiger partial charge in [-0.15, -0.1) is 23.5 Å². The fourth-order valence-corrected chi connectivity index (χ4v) is 6.69. The van der Waals surface area contributed by atoms with Gasteiger partial charge < -0.3 is 0 Å². The lowest BCUT2D eigenvalue weighted by molar-refractivity contribution is -0.666. The van der Waals surface area contributed by atoms with Crippen molar-refractivity contribution in [2.24, 2.45) is 0 Å². The molecule has 1 aliphatic rings. The number of hydrogen-bond donors (Lipinski definition) is 0. The Morgan fingerprint density at radius 1 is 1.19 bits per heavy atom. The van der Waals surface area contributed by atoms with Crippen LogP contribution in [0.3, 0.4) is 0 Å². The highest BCUT2D eigenvalue weighted by atomic mass is 35.5. The van der Waals surface area contributed by atoms with Crippen LogP contribution in [0.5, 0.6) is 0 Å². The number of rotatable bonds is 3. The first-order valence-corrected chi connectivity index (χ1v) is 10.7.